The lowest BCUT2D eigenvalue weighted by Crippen LogP contribution is -2.64. The summed E-state index contributed by atoms with van der Waals surface area (Å²) in [6, 6.07) is -0.837. The topological polar surface area (TPSA) is 235 Å². The molecule has 300 valence electrons. The van der Waals surface area contributed by atoms with Crippen LogP contribution >= 0.6 is 0 Å². The van der Waals surface area contributed by atoms with Gasteiger partial charge in [-0.1, -0.05) is 13.8 Å². The molecule has 17 nitrogen and oxygen atoms in total. The van der Waals surface area contributed by atoms with Gasteiger partial charge < -0.3 is 38.9 Å². The number of primary amides is 1. The Kier molecular flexibility index (Phi) is 12.4. The molecule has 54 heavy (non-hydrogen) atoms. The van der Waals surface area contributed by atoms with Crippen molar-refractivity contribution in [2.45, 2.75) is 130 Å². The van der Waals surface area contributed by atoms with Crippen molar-refractivity contribution < 1.29 is 66.7 Å². The van der Waals surface area contributed by atoms with E-state index in [1.807, 2.05) is 0 Å². The van der Waals surface area contributed by atoms with Crippen molar-refractivity contribution in [1.82, 2.24) is 5.43 Å². The molecular formula is C37H53N3O14. The molecule has 1 aliphatic heterocycles. The van der Waals surface area contributed by atoms with Gasteiger partial charge in [-0.15, -0.1) is 0 Å². The van der Waals surface area contributed by atoms with Gasteiger partial charge in [-0.05, 0) is 73.5 Å². The molecular weight excluding hydrogens is 710 g/mol. The van der Waals surface area contributed by atoms with Crippen LogP contribution in [0.3, 0.4) is 0 Å². The van der Waals surface area contributed by atoms with E-state index in [-0.39, 0.29) is 47.4 Å². The molecule has 0 unspecified atom stereocenters. The number of methoxy groups -OCH3 is 1. The standard InChI is InChI=1S/C37H53N3O14/c1-17(41)49-16-26(39-40-35(38)47)25-11-10-24-23-9-8-21-14-22(12-13-36(21,5)28(23)27(45)15-37(24,25)6)53-34-32(52-20(4)44)30(51-19(3)43)29(50-18(2)42)31(54-34)33(46)48-7/h21-25,28-32,34H,8-16H2,1-7H3,(H3,38,40,47)/b39-26-/t21-,22-,23-,24+,25-,28+,29+,30+,31-,32-,34-,36-,37+/m1/s1. The minimum absolute atomic E-state index is 0.0918. The quantitative estimate of drug-likeness (QED) is 0.107. The lowest BCUT2D eigenvalue weighted by Gasteiger charge is -2.60. The van der Waals surface area contributed by atoms with E-state index in [4.69, 9.17) is 38.9 Å². The molecule has 0 radical (unpaired) electrons. The fraction of sp³-hybridized carbons (Fsp3) is 0.784. The number of carbonyl (C=O) groups excluding carboxylic acids is 7. The Morgan fingerprint density at radius 2 is 1.50 bits per heavy atom. The number of hydrogen-bond donors (Lipinski definition) is 2. The van der Waals surface area contributed by atoms with Gasteiger partial charge >= 0.3 is 35.9 Å². The number of nitrogens with two attached hydrogens (primary N) is 1. The van der Waals surface area contributed by atoms with Gasteiger partial charge in [0.15, 0.2) is 30.7 Å². The minimum atomic E-state index is -1.56. The number of hydrogen-bond acceptors (Lipinski definition) is 15. The average Bonchev–Trinajstić information content (AvgIpc) is 3.42. The van der Waals surface area contributed by atoms with Gasteiger partial charge in [0.1, 0.15) is 12.4 Å². The highest BCUT2D eigenvalue weighted by molar-refractivity contribution is 5.93. The van der Waals surface area contributed by atoms with Crippen LogP contribution in [0.5, 0.6) is 0 Å². The molecule has 0 bridgehead atoms. The van der Waals surface area contributed by atoms with Gasteiger partial charge in [-0.3, -0.25) is 24.0 Å². The first-order valence-corrected chi connectivity index (χ1v) is 18.6. The number of hydrazone groups is 1. The molecule has 5 fully saturated rings. The Hall–Kier alpha value is -4.12. The van der Waals surface area contributed by atoms with E-state index in [9.17, 15) is 33.6 Å². The number of urea groups is 1. The van der Waals surface area contributed by atoms with Gasteiger partial charge in [0.2, 0.25) is 0 Å². The maximum atomic E-state index is 14.4. The van der Waals surface area contributed by atoms with Crippen LogP contribution in [0, 0.1) is 40.4 Å². The molecule has 4 aliphatic carbocycles. The Morgan fingerprint density at radius 1 is 0.852 bits per heavy atom. The second kappa shape index (κ2) is 16.3. The summed E-state index contributed by atoms with van der Waals surface area (Å²) in [6.45, 7) is 8.88. The zero-order chi connectivity index (χ0) is 39.7. The summed E-state index contributed by atoms with van der Waals surface area (Å²) in [6.07, 6.45) is -2.46. The van der Waals surface area contributed by atoms with Gasteiger partial charge in [0, 0.05) is 46.0 Å². The monoisotopic (exact) mass is 763 g/mol. The number of ether oxygens (including phenoxy) is 7. The third-order valence-corrected chi connectivity index (χ3v) is 12.6. The Balaban J connectivity index is 1.35. The summed E-state index contributed by atoms with van der Waals surface area (Å²) >= 11 is 0. The summed E-state index contributed by atoms with van der Waals surface area (Å²) < 4.78 is 39.1. The molecule has 0 spiro atoms. The molecule has 5 aliphatic rings. The van der Waals surface area contributed by atoms with Crippen LogP contribution in [0.25, 0.3) is 0 Å². The zero-order valence-corrected chi connectivity index (χ0v) is 32.0. The third-order valence-electron chi connectivity index (χ3n) is 12.6. The maximum absolute atomic E-state index is 14.4. The van der Waals surface area contributed by atoms with Crippen molar-refractivity contribution >= 4 is 47.4 Å². The van der Waals surface area contributed by atoms with Gasteiger partial charge in [0.05, 0.1) is 18.9 Å². The molecule has 3 N–H and O–H groups in total. The molecule has 0 aromatic heterocycles. The van der Waals surface area contributed by atoms with Crippen molar-refractivity contribution in [3.05, 3.63) is 0 Å². The molecule has 0 aromatic carbocycles. The number of nitrogens with zero attached hydrogens (tertiary/aromatic N) is 1. The second-order valence-corrected chi connectivity index (χ2v) is 15.9. The van der Waals surface area contributed by atoms with Gasteiger partial charge in [-0.25, -0.2) is 15.0 Å². The number of esters is 5. The maximum Gasteiger partial charge on any atom is 0.339 e. The zero-order valence-electron chi connectivity index (χ0n) is 32.0. The van der Waals surface area contributed by atoms with Crippen LogP contribution in [0.1, 0.15) is 92.9 Å². The first-order chi connectivity index (χ1) is 25.4. The van der Waals surface area contributed by atoms with Crippen LogP contribution in [-0.4, -0.2) is 97.9 Å². The van der Waals surface area contributed by atoms with Crippen molar-refractivity contribution in [3.63, 3.8) is 0 Å². The Bertz CT molecular complexity index is 1550. The number of amides is 2. The van der Waals surface area contributed by atoms with E-state index >= 15 is 0 Å². The number of ketones is 1. The summed E-state index contributed by atoms with van der Waals surface area (Å²) in [5.41, 5.74) is 7.28. The molecule has 1 heterocycles. The molecule has 2 amide bonds. The van der Waals surface area contributed by atoms with E-state index in [1.54, 1.807) is 0 Å². The van der Waals surface area contributed by atoms with E-state index in [0.29, 0.717) is 31.4 Å². The SMILES string of the molecule is COC(=O)[C@@H]1O[C@@H](O[C@@H]2CC[C@]3(C)[C@H](CC[C@H]4[C@H]3C(=O)C[C@]3(C)[C@@H](/C(COC(C)=O)=N\NC(N)=O)CC[C@@H]43)C2)[C@H](OC(C)=O)[C@@H](OC(C)=O)[C@@H]1OC(C)=O. The first kappa shape index (κ1) is 41.1. The van der Waals surface area contributed by atoms with Crippen molar-refractivity contribution in [3.8, 4) is 0 Å². The third kappa shape index (κ3) is 8.26. The van der Waals surface area contributed by atoms with Crippen LogP contribution in [0.4, 0.5) is 4.79 Å². The predicted molar refractivity (Wildman–Crippen MR) is 185 cm³/mol. The van der Waals surface area contributed by atoms with E-state index in [1.165, 1.54) is 6.92 Å². The highest BCUT2D eigenvalue weighted by Gasteiger charge is 2.64. The summed E-state index contributed by atoms with van der Waals surface area (Å²) in [5, 5.41) is 4.23. The van der Waals surface area contributed by atoms with Crippen LogP contribution < -0.4 is 11.2 Å². The van der Waals surface area contributed by atoms with E-state index in [0.717, 1.165) is 53.6 Å². The van der Waals surface area contributed by atoms with E-state index < -0.39 is 78.1 Å². The fourth-order valence-corrected chi connectivity index (χ4v) is 10.6. The fourth-order valence-electron chi connectivity index (χ4n) is 10.6. The summed E-state index contributed by atoms with van der Waals surface area (Å²) in [5.74, 6) is -3.49. The van der Waals surface area contributed by atoms with Crippen LogP contribution in [0.2, 0.25) is 0 Å². The smallest absolute Gasteiger partial charge is 0.339 e. The molecule has 4 saturated carbocycles. The summed E-state index contributed by atoms with van der Waals surface area (Å²) in [7, 11) is 1.13. The van der Waals surface area contributed by atoms with Crippen molar-refractivity contribution in [2.75, 3.05) is 13.7 Å². The number of Topliss-reactive ketones (excluding diaryl/α,β-unsaturated/α-hetero) is 1. The van der Waals surface area contributed by atoms with Gasteiger partial charge in [0.25, 0.3) is 0 Å². The number of fused-ring (bicyclic) bond motifs is 5. The second-order valence-electron chi connectivity index (χ2n) is 15.9. The lowest BCUT2D eigenvalue weighted by molar-refractivity contribution is -0.314. The number of carbonyl (C=O) groups is 7. The molecule has 5 rings (SSSR count). The van der Waals surface area contributed by atoms with Gasteiger partial charge in [-0.2, -0.15) is 5.10 Å². The number of rotatable bonds is 10. The number of nitrogens with one attached hydrogen (secondary N) is 1. The Labute approximate surface area is 314 Å². The van der Waals surface area contributed by atoms with Crippen molar-refractivity contribution in [2.24, 2.45) is 51.3 Å². The van der Waals surface area contributed by atoms with Crippen LogP contribution in [0.15, 0.2) is 5.10 Å². The Morgan fingerprint density at radius 3 is 2.11 bits per heavy atom. The molecule has 0 aromatic rings. The molecule has 17 heteroatoms. The summed E-state index contributed by atoms with van der Waals surface area (Å²) in [4.78, 5) is 87.1. The minimum Gasteiger partial charge on any atom is -0.467 e. The largest absolute Gasteiger partial charge is 0.467 e. The normalized spacial score (nSPS) is 38.8. The highest BCUT2D eigenvalue weighted by Crippen LogP contribution is 2.66. The lowest BCUT2D eigenvalue weighted by atomic mass is 9.44. The van der Waals surface area contributed by atoms with E-state index in [2.05, 4.69) is 24.4 Å². The highest BCUT2D eigenvalue weighted by atomic mass is 16.7. The average molecular weight is 764 g/mol. The van der Waals surface area contributed by atoms with Crippen molar-refractivity contribution in [1.29, 1.82) is 0 Å². The first-order valence-electron chi connectivity index (χ1n) is 18.6. The predicted octanol–water partition coefficient (Wildman–Crippen LogP) is 2.49. The van der Waals surface area contributed by atoms with Crippen LogP contribution in [-0.2, 0) is 61.9 Å². The molecule has 1 saturated heterocycles. The molecule has 13 atom stereocenters.